The number of ketones is 1. The molecule has 3 nitrogen and oxygen atoms in total. The first-order chi connectivity index (χ1) is 9.16. The van der Waals surface area contributed by atoms with Crippen molar-refractivity contribution in [1.29, 1.82) is 0 Å². The Morgan fingerprint density at radius 1 is 1.26 bits per heavy atom. The number of hydrogen-bond donors (Lipinski definition) is 0. The number of aryl methyl sites for hydroxylation is 1. The van der Waals surface area contributed by atoms with Crippen molar-refractivity contribution in [3.05, 3.63) is 29.3 Å². The number of ether oxygens (including phenoxy) is 1. The summed E-state index contributed by atoms with van der Waals surface area (Å²) in [5.41, 5.74) is 1.81. The molecule has 3 heteroatoms. The zero-order chi connectivity index (χ0) is 13.7. The van der Waals surface area contributed by atoms with Gasteiger partial charge in [0.15, 0.2) is 5.78 Å². The van der Waals surface area contributed by atoms with E-state index in [-0.39, 0.29) is 5.78 Å². The standard InChI is InChI=1S/C16H23NO2/c1-13-6-7-15(14(2)18)16(12-13)19-11-10-17-8-4-3-5-9-17/h6-7,12H,3-5,8-11H2,1-2H3. The van der Waals surface area contributed by atoms with Crippen molar-refractivity contribution < 1.29 is 9.53 Å². The summed E-state index contributed by atoms with van der Waals surface area (Å²) < 4.78 is 5.82. The van der Waals surface area contributed by atoms with Crippen LogP contribution in [0.1, 0.15) is 42.1 Å². The van der Waals surface area contributed by atoms with Crippen LogP contribution < -0.4 is 4.74 Å². The van der Waals surface area contributed by atoms with Gasteiger partial charge in [0.25, 0.3) is 0 Å². The number of hydrogen-bond acceptors (Lipinski definition) is 3. The zero-order valence-corrected chi connectivity index (χ0v) is 11.9. The fourth-order valence-electron chi connectivity index (χ4n) is 2.51. The molecular weight excluding hydrogens is 238 g/mol. The SMILES string of the molecule is CC(=O)c1ccc(C)cc1OCCN1CCCCC1. The van der Waals surface area contributed by atoms with Crippen LogP contribution >= 0.6 is 0 Å². The van der Waals surface area contributed by atoms with Crippen LogP contribution in [0.4, 0.5) is 0 Å². The molecule has 1 aliphatic heterocycles. The lowest BCUT2D eigenvalue weighted by Crippen LogP contribution is -2.33. The van der Waals surface area contributed by atoms with Crippen molar-refractivity contribution in [2.45, 2.75) is 33.1 Å². The molecule has 1 aromatic carbocycles. The summed E-state index contributed by atoms with van der Waals surface area (Å²) >= 11 is 0. The molecule has 0 aromatic heterocycles. The summed E-state index contributed by atoms with van der Waals surface area (Å²) in [5, 5.41) is 0. The molecule has 0 saturated carbocycles. The number of rotatable bonds is 5. The first kappa shape index (κ1) is 14.1. The molecule has 0 amide bonds. The quantitative estimate of drug-likeness (QED) is 0.763. The number of carbonyl (C=O) groups is 1. The highest BCUT2D eigenvalue weighted by atomic mass is 16.5. The Hall–Kier alpha value is -1.35. The number of Topliss-reactive ketones (excluding diaryl/α,β-unsaturated/α-hetero) is 1. The lowest BCUT2D eigenvalue weighted by molar-refractivity contribution is 0.101. The van der Waals surface area contributed by atoms with Gasteiger partial charge in [-0.05, 0) is 57.5 Å². The smallest absolute Gasteiger partial charge is 0.163 e. The summed E-state index contributed by atoms with van der Waals surface area (Å²) in [6.45, 7) is 7.56. The van der Waals surface area contributed by atoms with Gasteiger partial charge in [0.1, 0.15) is 12.4 Å². The van der Waals surface area contributed by atoms with Crippen LogP contribution in [0, 0.1) is 6.92 Å². The Bertz CT molecular complexity index is 436. The molecule has 1 fully saturated rings. The fourth-order valence-corrected chi connectivity index (χ4v) is 2.51. The summed E-state index contributed by atoms with van der Waals surface area (Å²) in [6, 6.07) is 5.76. The maximum atomic E-state index is 11.6. The molecule has 1 saturated heterocycles. The van der Waals surface area contributed by atoms with Gasteiger partial charge in [-0.1, -0.05) is 12.5 Å². The van der Waals surface area contributed by atoms with Crippen LogP contribution in [0.15, 0.2) is 18.2 Å². The van der Waals surface area contributed by atoms with Crippen LogP contribution in [0.5, 0.6) is 5.75 Å². The third kappa shape index (κ3) is 4.06. The van der Waals surface area contributed by atoms with Crippen molar-refractivity contribution in [3.63, 3.8) is 0 Å². The van der Waals surface area contributed by atoms with Gasteiger partial charge in [0.05, 0.1) is 5.56 Å². The molecule has 0 unspecified atom stereocenters. The summed E-state index contributed by atoms with van der Waals surface area (Å²) in [6.07, 6.45) is 3.94. The van der Waals surface area contributed by atoms with E-state index in [1.807, 2.05) is 25.1 Å². The summed E-state index contributed by atoms with van der Waals surface area (Å²) in [7, 11) is 0. The summed E-state index contributed by atoms with van der Waals surface area (Å²) in [5.74, 6) is 0.789. The van der Waals surface area contributed by atoms with Gasteiger partial charge >= 0.3 is 0 Å². The topological polar surface area (TPSA) is 29.5 Å². The van der Waals surface area contributed by atoms with Gasteiger partial charge in [0.2, 0.25) is 0 Å². The molecule has 0 atom stereocenters. The Balaban J connectivity index is 1.91. The summed E-state index contributed by atoms with van der Waals surface area (Å²) in [4.78, 5) is 14.0. The van der Waals surface area contributed by atoms with Crippen molar-refractivity contribution in [1.82, 2.24) is 4.90 Å². The van der Waals surface area contributed by atoms with Crippen molar-refractivity contribution >= 4 is 5.78 Å². The van der Waals surface area contributed by atoms with Crippen molar-refractivity contribution in [3.8, 4) is 5.75 Å². The first-order valence-corrected chi connectivity index (χ1v) is 7.13. The molecule has 19 heavy (non-hydrogen) atoms. The molecular formula is C16H23NO2. The number of likely N-dealkylation sites (tertiary alicyclic amines) is 1. The van der Waals surface area contributed by atoms with Crippen LogP contribution in [0.25, 0.3) is 0 Å². The largest absolute Gasteiger partial charge is 0.491 e. The predicted molar refractivity (Wildman–Crippen MR) is 77.0 cm³/mol. The average molecular weight is 261 g/mol. The number of nitrogens with zero attached hydrogens (tertiary/aromatic N) is 1. The van der Waals surface area contributed by atoms with Crippen LogP contribution in [0.2, 0.25) is 0 Å². The molecule has 1 aliphatic rings. The molecule has 104 valence electrons. The molecule has 1 heterocycles. The Labute approximate surface area is 115 Å². The number of benzene rings is 1. The van der Waals surface area contributed by atoms with E-state index in [1.54, 1.807) is 6.92 Å². The Morgan fingerprint density at radius 2 is 2.00 bits per heavy atom. The predicted octanol–water partition coefficient (Wildman–Crippen LogP) is 3.06. The van der Waals surface area contributed by atoms with Crippen molar-refractivity contribution in [2.75, 3.05) is 26.2 Å². The normalized spacial score (nSPS) is 16.3. The van der Waals surface area contributed by atoms with Gasteiger partial charge in [-0.3, -0.25) is 9.69 Å². The van der Waals surface area contributed by atoms with Gasteiger partial charge < -0.3 is 4.74 Å². The highest BCUT2D eigenvalue weighted by Gasteiger charge is 2.11. The average Bonchev–Trinajstić information content (AvgIpc) is 2.39. The highest BCUT2D eigenvalue weighted by molar-refractivity contribution is 5.96. The van der Waals surface area contributed by atoms with E-state index < -0.39 is 0 Å². The van der Waals surface area contributed by atoms with E-state index in [0.717, 1.165) is 17.9 Å². The Kier molecular flexibility index (Phi) is 4.97. The molecule has 0 spiro atoms. The minimum atomic E-state index is 0.0629. The lowest BCUT2D eigenvalue weighted by Gasteiger charge is -2.26. The van der Waals surface area contributed by atoms with Gasteiger partial charge in [-0.15, -0.1) is 0 Å². The highest BCUT2D eigenvalue weighted by Crippen LogP contribution is 2.21. The van der Waals surface area contributed by atoms with Gasteiger partial charge in [-0.25, -0.2) is 0 Å². The van der Waals surface area contributed by atoms with E-state index >= 15 is 0 Å². The maximum Gasteiger partial charge on any atom is 0.163 e. The fraction of sp³-hybridized carbons (Fsp3) is 0.562. The van der Waals surface area contributed by atoms with Gasteiger partial charge in [0, 0.05) is 6.54 Å². The number of piperidine rings is 1. The third-order valence-electron chi connectivity index (χ3n) is 3.63. The van der Waals surface area contributed by atoms with Crippen LogP contribution in [-0.2, 0) is 0 Å². The molecule has 1 aromatic rings. The van der Waals surface area contributed by atoms with Gasteiger partial charge in [-0.2, -0.15) is 0 Å². The second-order valence-electron chi connectivity index (χ2n) is 5.31. The lowest BCUT2D eigenvalue weighted by atomic mass is 10.1. The molecule has 0 N–H and O–H groups in total. The third-order valence-corrected chi connectivity index (χ3v) is 3.63. The van der Waals surface area contributed by atoms with Crippen LogP contribution in [0.3, 0.4) is 0 Å². The molecule has 2 rings (SSSR count). The second-order valence-corrected chi connectivity index (χ2v) is 5.31. The van der Waals surface area contributed by atoms with E-state index in [0.29, 0.717) is 12.2 Å². The van der Waals surface area contributed by atoms with E-state index in [4.69, 9.17) is 4.74 Å². The van der Waals surface area contributed by atoms with Crippen molar-refractivity contribution in [2.24, 2.45) is 0 Å². The molecule has 0 bridgehead atoms. The monoisotopic (exact) mass is 261 g/mol. The molecule has 0 aliphatic carbocycles. The van der Waals surface area contributed by atoms with E-state index in [2.05, 4.69) is 4.90 Å². The second kappa shape index (κ2) is 6.71. The molecule has 0 radical (unpaired) electrons. The Morgan fingerprint density at radius 3 is 2.68 bits per heavy atom. The minimum Gasteiger partial charge on any atom is -0.491 e. The first-order valence-electron chi connectivity index (χ1n) is 7.13. The van der Waals surface area contributed by atoms with Crippen LogP contribution in [-0.4, -0.2) is 36.9 Å². The van der Waals surface area contributed by atoms with E-state index in [1.165, 1.54) is 32.4 Å². The minimum absolute atomic E-state index is 0.0629. The number of carbonyl (C=O) groups excluding carboxylic acids is 1. The van der Waals surface area contributed by atoms with E-state index in [9.17, 15) is 4.79 Å². The maximum absolute atomic E-state index is 11.6. The zero-order valence-electron chi connectivity index (χ0n) is 11.9.